The summed E-state index contributed by atoms with van der Waals surface area (Å²) in [6, 6.07) is 8.38. The normalized spacial score (nSPS) is 29.4. The highest BCUT2D eigenvalue weighted by Gasteiger charge is 2.34. The van der Waals surface area contributed by atoms with Crippen molar-refractivity contribution in [1.82, 2.24) is 9.80 Å². The molecule has 1 aromatic rings. The molecule has 0 spiro atoms. The highest BCUT2D eigenvalue weighted by Crippen LogP contribution is 2.26. The van der Waals surface area contributed by atoms with Crippen LogP contribution in [0.5, 0.6) is 0 Å². The first kappa shape index (κ1) is 12.1. The van der Waals surface area contributed by atoms with Gasteiger partial charge in [-0.3, -0.25) is 9.80 Å². The van der Waals surface area contributed by atoms with Crippen LogP contribution in [0.4, 0.5) is 4.39 Å². The van der Waals surface area contributed by atoms with E-state index in [0.29, 0.717) is 12.1 Å². The molecule has 0 aliphatic carbocycles. The lowest BCUT2D eigenvalue weighted by atomic mass is 10.1. The average Bonchev–Trinajstić information content (AvgIpc) is 2.79. The van der Waals surface area contributed by atoms with E-state index in [1.807, 2.05) is 12.1 Å². The molecule has 2 aliphatic rings. The Hall–Kier alpha value is -0.930. The van der Waals surface area contributed by atoms with E-state index in [4.69, 9.17) is 0 Å². The largest absolute Gasteiger partial charge is 0.298 e. The van der Waals surface area contributed by atoms with Crippen LogP contribution in [0.1, 0.15) is 25.3 Å². The second kappa shape index (κ2) is 4.98. The predicted octanol–water partition coefficient (Wildman–Crippen LogP) is 2.49. The molecule has 0 N–H and O–H groups in total. The highest BCUT2D eigenvalue weighted by atomic mass is 19.1. The molecule has 0 bridgehead atoms. The first-order chi connectivity index (χ1) is 8.74. The van der Waals surface area contributed by atoms with Crippen LogP contribution in [0.15, 0.2) is 24.3 Å². The van der Waals surface area contributed by atoms with Crippen LogP contribution in [0, 0.1) is 5.82 Å². The standard InChI is InChI=1S/C15H21FN2/c1-12-9-17-8-4-6-14(17)11-18(12)10-13-5-2-3-7-15(13)16/h2-3,5,7,12,14H,4,6,8-11H2,1H3/t12-,14+/m0/s1. The molecule has 0 aromatic heterocycles. The molecule has 1 aromatic carbocycles. The first-order valence-corrected chi connectivity index (χ1v) is 6.95. The Balaban J connectivity index is 1.71. The predicted molar refractivity (Wildman–Crippen MR) is 70.9 cm³/mol. The SMILES string of the molecule is C[C@H]1CN2CCC[C@@H]2CN1Cc1ccccc1F. The minimum atomic E-state index is -0.0708. The number of benzene rings is 1. The quantitative estimate of drug-likeness (QED) is 0.793. The van der Waals surface area contributed by atoms with Crippen LogP contribution >= 0.6 is 0 Å². The summed E-state index contributed by atoms with van der Waals surface area (Å²) in [7, 11) is 0. The molecule has 3 rings (SSSR count). The van der Waals surface area contributed by atoms with Crippen molar-refractivity contribution in [3.05, 3.63) is 35.6 Å². The Morgan fingerprint density at radius 3 is 2.94 bits per heavy atom. The van der Waals surface area contributed by atoms with Crippen molar-refractivity contribution in [2.75, 3.05) is 19.6 Å². The van der Waals surface area contributed by atoms with Gasteiger partial charge in [0.2, 0.25) is 0 Å². The Kier molecular flexibility index (Phi) is 3.35. The molecule has 2 nitrogen and oxygen atoms in total. The van der Waals surface area contributed by atoms with E-state index < -0.39 is 0 Å². The fourth-order valence-corrected chi connectivity index (χ4v) is 3.31. The zero-order chi connectivity index (χ0) is 12.5. The third kappa shape index (κ3) is 2.29. The minimum Gasteiger partial charge on any atom is -0.298 e. The second-order valence-electron chi connectivity index (χ2n) is 5.66. The second-order valence-corrected chi connectivity index (χ2v) is 5.66. The molecule has 0 saturated carbocycles. The van der Waals surface area contributed by atoms with Crippen LogP contribution in [0.25, 0.3) is 0 Å². The van der Waals surface area contributed by atoms with Gasteiger partial charge in [0.05, 0.1) is 0 Å². The first-order valence-electron chi connectivity index (χ1n) is 6.95. The number of halogens is 1. The molecule has 0 unspecified atom stereocenters. The third-order valence-electron chi connectivity index (χ3n) is 4.40. The van der Waals surface area contributed by atoms with Gasteiger partial charge < -0.3 is 0 Å². The maximum absolute atomic E-state index is 13.7. The van der Waals surface area contributed by atoms with Gasteiger partial charge in [0, 0.05) is 37.3 Å². The summed E-state index contributed by atoms with van der Waals surface area (Å²) < 4.78 is 13.7. The molecule has 2 fully saturated rings. The maximum atomic E-state index is 13.7. The van der Waals surface area contributed by atoms with Crippen LogP contribution in [-0.2, 0) is 6.54 Å². The highest BCUT2D eigenvalue weighted by molar-refractivity contribution is 5.17. The van der Waals surface area contributed by atoms with E-state index in [2.05, 4.69) is 16.7 Å². The van der Waals surface area contributed by atoms with E-state index in [9.17, 15) is 4.39 Å². The van der Waals surface area contributed by atoms with Gasteiger partial charge in [-0.2, -0.15) is 0 Å². The summed E-state index contributed by atoms with van der Waals surface area (Å²) in [5.74, 6) is -0.0708. The average molecular weight is 248 g/mol. The monoisotopic (exact) mass is 248 g/mol. The Morgan fingerprint density at radius 2 is 2.11 bits per heavy atom. The van der Waals surface area contributed by atoms with E-state index in [0.717, 1.165) is 25.2 Å². The summed E-state index contributed by atoms with van der Waals surface area (Å²) in [5, 5.41) is 0. The van der Waals surface area contributed by atoms with Gasteiger partial charge in [0.25, 0.3) is 0 Å². The van der Waals surface area contributed by atoms with Crippen molar-refractivity contribution in [2.24, 2.45) is 0 Å². The summed E-state index contributed by atoms with van der Waals surface area (Å²) in [6.07, 6.45) is 2.63. The summed E-state index contributed by atoms with van der Waals surface area (Å²) >= 11 is 0. The zero-order valence-corrected chi connectivity index (χ0v) is 11.0. The lowest BCUT2D eigenvalue weighted by Crippen LogP contribution is -2.54. The molecule has 2 saturated heterocycles. The van der Waals surface area contributed by atoms with Crippen LogP contribution in [0.2, 0.25) is 0 Å². The van der Waals surface area contributed by atoms with Gasteiger partial charge >= 0.3 is 0 Å². The number of rotatable bonds is 2. The molecule has 0 radical (unpaired) electrons. The molecule has 2 heterocycles. The van der Waals surface area contributed by atoms with E-state index in [1.54, 1.807) is 12.1 Å². The van der Waals surface area contributed by atoms with Gasteiger partial charge in [0.1, 0.15) is 5.82 Å². The Labute approximate surface area is 108 Å². The van der Waals surface area contributed by atoms with Crippen LogP contribution in [-0.4, -0.2) is 41.5 Å². The van der Waals surface area contributed by atoms with Gasteiger partial charge in [-0.1, -0.05) is 18.2 Å². The van der Waals surface area contributed by atoms with Crippen LogP contribution in [0.3, 0.4) is 0 Å². The minimum absolute atomic E-state index is 0.0708. The Bertz CT molecular complexity index is 421. The number of hydrogen-bond acceptors (Lipinski definition) is 2. The van der Waals surface area contributed by atoms with Crippen molar-refractivity contribution in [3.8, 4) is 0 Å². The number of piperazine rings is 1. The smallest absolute Gasteiger partial charge is 0.127 e. The fraction of sp³-hybridized carbons (Fsp3) is 0.600. The number of hydrogen-bond donors (Lipinski definition) is 0. The molecule has 18 heavy (non-hydrogen) atoms. The third-order valence-corrected chi connectivity index (χ3v) is 4.40. The van der Waals surface area contributed by atoms with Crippen molar-refractivity contribution in [1.29, 1.82) is 0 Å². The van der Waals surface area contributed by atoms with Crippen molar-refractivity contribution in [3.63, 3.8) is 0 Å². The molecule has 2 atom stereocenters. The number of fused-ring (bicyclic) bond motifs is 1. The summed E-state index contributed by atoms with van der Waals surface area (Å²) in [6.45, 7) is 6.49. The topological polar surface area (TPSA) is 6.48 Å². The van der Waals surface area contributed by atoms with Crippen LogP contribution < -0.4 is 0 Å². The van der Waals surface area contributed by atoms with Gasteiger partial charge in [0.15, 0.2) is 0 Å². The maximum Gasteiger partial charge on any atom is 0.127 e. The molecule has 0 amide bonds. The van der Waals surface area contributed by atoms with Gasteiger partial charge in [-0.25, -0.2) is 4.39 Å². The van der Waals surface area contributed by atoms with E-state index >= 15 is 0 Å². The molecular formula is C15H21FN2. The fourth-order valence-electron chi connectivity index (χ4n) is 3.31. The Morgan fingerprint density at radius 1 is 1.28 bits per heavy atom. The van der Waals surface area contributed by atoms with Gasteiger partial charge in [-0.15, -0.1) is 0 Å². The van der Waals surface area contributed by atoms with Crippen molar-refractivity contribution >= 4 is 0 Å². The molecule has 3 heteroatoms. The van der Waals surface area contributed by atoms with E-state index in [1.165, 1.54) is 19.4 Å². The van der Waals surface area contributed by atoms with Crippen molar-refractivity contribution < 1.29 is 4.39 Å². The summed E-state index contributed by atoms with van der Waals surface area (Å²) in [5.41, 5.74) is 0.829. The summed E-state index contributed by atoms with van der Waals surface area (Å²) in [4.78, 5) is 5.04. The zero-order valence-electron chi connectivity index (χ0n) is 11.0. The van der Waals surface area contributed by atoms with Crippen molar-refractivity contribution in [2.45, 2.75) is 38.4 Å². The van der Waals surface area contributed by atoms with Gasteiger partial charge in [-0.05, 0) is 32.4 Å². The molecular weight excluding hydrogens is 227 g/mol. The van der Waals surface area contributed by atoms with E-state index in [-0.39, 0.29) is 5.82 Å². The molecule has 2 aliphatic heterocycles. The molecule has 98 valence electrons. The number of nitrogens with zero attached hydrogens (tertiary/aromatic N) is 2. The lowest BCUT2D eigenvalue weighted by molar-refractivity contribution is 0.0533. The lowest BCUT2D eigenvalue weighted by Gasteiger charge is -2.42.